The second-order valence-corrected chi connectivity index (χ2v) is 5.90. The summed E-state index contributed by atoms with van der Waals surface area (Å²) in [6.07, 6.45) is 0. The fourth-order valence-electron chi connectivity index (χ4n) is 3.65. The van der Waals surface area contributed by atoms with Crippen LogP contribution in [0.15, 0.2) is 78.0 Å². The van der Waals surface area contributed by atoms with Crippen LogP contribution in [0.2, 0.25) is 0 Å². The third-order valence-corrected chi connectivity index (χ3v) is 4.70. The van der Waals surface area contributed by atoms with E-state index in [9.17, 15) is 5.21 Å². The number of hydrogen-bond donors (Lipinski definition) is 1. The molecule has 0 radical (unpaired) electrons. The van der Waals surface area contributed by atoms with Gasteiger partial charge in [0.2, 0.25) is 0 Å². The summed E-state index contributed by atoms with van der Waals surface area (Å²) in [4.78, 5) is 0. The summed E-state index contributed by atoms with van der Waals surface area (Å²) in [5, 5.41) is 18.0. The van der Waals surface area contributed by atoms with Gasteiger partial charge in [0.15, 0.2) is 0 Å². The van der Waals surface area contributed by atoms with Crippen molar-refractivity contribution < 1.29 is 5.21 Å². The molecule has 0 aromatic heterocycles. The molecule has 0 fully saturated rings. The van der Waals surface area contributed by atoms with E-state index in [0.717, 1.165) is 38.4 Å². The zero-order valence-electron chi connectivity index (χ0n) is 12.3. The average molecular weight is 295 g/mol. The number of oxime groups is 1. The minimum atomic E-state index is 0.664. The van der Waals surface area contributed by atoms with Gasteiger partial charge in [-0.3, -0.25) is 0 Å². The third-order valence-electron chi connectivity index (χ3n) is 4.70. The van der Waals surface area contributed by atoms with Gasteiger partial charge in [0, 0.05) is 11.1 Å². The molecule has 23 heavy (non-hydrogen) atoms. The van der Waals surface area contributed by atoms with Crippen molar-refractivity contribution in [3.63, 3.8) is 0 Å². The Bertz CT molecular complexity index is 1130. The summed E-state index contributed by atoms with van der Waals surface area (Å²) >= 11 is 0. The van der Waals surface area contributed by atoms with Crippen molar-refractivity contribution >= 4 is 27.3 Å². The lowest BCUT2D eigenvalue weighted by Crippen LogP contribution is -1.99. The van der Waals surface area contributed by atoms with Crippen molar-refractivity contribution in [1.29, 1.82) is 0 Å². The molecule has 0 unspecified atom stereocenters. The van der Waals surface area contributed by atoms with Crippen LogP contribution in [-0.2, 0) is 0 Å². The van der Waals surface area contributed by atoms with E-state index >= 15 is 0 Å². The van der Waals surface area contributed by atoms with E-state index in [0.29, 0.717) is 5.71 Å². The average Bonchev–Trinajstić information content (AvgIpc) is 2.93. The van der Waals surface area contributed by atoms with E-state index < -0.39 is 0 Å². The zero-order chi connectivity index (χ0) is 15.4. The fourth-order valence-corrected chi connectivity index (χ4v) is 3.65. The smallest absolute Gasteiger partial charge is 0.118 e. The largest absolute Gasteiger partial charge is 0.410 e. The van der Waals surface area contributed by atoms with Crippen LogP contribution < -0.4 is 0 Å². The van der Waals surface area contributed by atoms with Crippen LogP contribution in [0.1, 0.15) is 11.1 Å². The molecule has 0 saturated carbocycles. The summed E-state index contributed by atoms with van der Waals surface area (Å²) in [5.41, 5.74) is 4.96. The summed E-state index contributed by atoms with van der Waals surface area (Å²) in [6.45, 7) is 0. The maximum absolute atomic E-state index is 9.68. The zero-order valence-corrected chi connectivity index (χ0v) is 12.3. The van der Waals surface area contributed by atoms with Gasteiger partial charge in [-0.25, -0.2) is 0 Å². The van der Waals surface area contributed by atoms with Crippen LogP contribution in [0.4, 0.5) is 0 Å². The van der Waals surface area contributed by atoms with Gasteiger partial charge in [0.1, 0.15) is 5.71 Å². The van der Waals surface area contributed by atoms with Crippen LogP contribution in [0, 0.1) is 0 Å². The minimum absolute atomic E-state index is 0.664. The summed E-state index contributed by atoms with van der Waals surface area (Å²) in [7, 11) is 0. The van der Waals surface area contributed by atoms with Crippen LogP contribution in [0.5, 0.6) is 0 Å². The van der Waals surface area contributed by atoms with Gasteiger partial charge in [0.25, 0.3) is 0 Å². The van der Waals surface area contributed by atoms with Gasteiger partial charge in [-0.05, 0) is 44.8 Å². The topological polar surface area (TPSA) is 32.6 Å². The number of benzene rings is 4. The molecule has 0 atom stereocenters. The van der Waals surface area contributed by atoms with E-state index in [1.54, 1.807) is 0 Å². The van der Waals surface area contributed by atoms with Crippen LogP contribution in [-0.4, -0.2) is 10.9 Å². The van der Waals surface area contributed by atoms with Crippen LogP contribution in [0.3, 0.4) is 0 Å². The standard InChI is InChI=1S/C21H13NO/c23-22-21-19-12-15-7-2-1-6-14(15)11-18(19)17-10-9-13-5-3-4-8-16(13)20(17)21/h1-12,23H/b22-21-. The highest BCUT2D eigenvalue weighted by atomic mass is 16.4. The number of hydrogen-bond acceptors (Lipinski definition) is 2. The van der Waals surface area contributed by atoms with Gasteiger partial charge in [-0.2, -0.15) is 0 Å². The maximum atomic E-state index is 9.68. The number of rotatable bonds is 0. The minimum Gasteiger partial charge on any atom is -0.410 e. The molecular weight excluding hydrogens is 282 g/mol. The monoisotopic (exact) mass is 295 g/mol. The van der Waals surface area contributed by atoms with E-state index in [1.807, 2.05) is 24.3 Å². The first-order valence-electron chi connectivity index (χ1n) is 7.64. The van der Waals surface area contributed by atoms with Crippen molar-refractivity contribution in [3.8, 4) is 11.1 Å². The maximum Gasteiger partial charge on any atom is 0.118 e. The Labute approximate surface area is 133 Å². The Kier molecular flexibility index (Phi) is 2.39. The molecule has 1 aliphatic carbocycles. The molecule has 0 saturated heterocycles. The second-order valence-electron chi connectivity index (χ2n) is 5.90. The highest BCUT2D eigenvalue weighted by Gasteiger charge is 2.27. The van der Waals surface area contributed by atoms with Gasteiger partial charge < -0.3 is 5.21 Å². The molecule has 2 nitrogen and oxygen atoms in total. The Balaban J connectivity index is 1.95. The number of fused-ring (bicyclic) bond motifs is 6. The van der Waals surface area contributed by atoms with Crippen molar-refractivity contribution in [2.75, 3.05) is 0 Å². The lowest BCUT2D eigenvalue weighted by molar-refractivity contribution is 0.320. The fraction of sp³-hybridized carbons (Fsp3) is 0. The lowest BCUT2D eigenvalue weighted by Gasteiger charge is -2.05. The van der Waals surface area contributed by atoms with Gasteiger partial charge in [0.05, 0.1) is 0 Å². The first kappa shape index (κ1) is 12.4. The van der Waals surface area contributed by atoms with Gasteiger partial charge >= 0.3 is 0 Å². The summed E-state index contributed by atoms with van der Waals surface area (Å²) in [5.74, 6) is 0. The first-order valence-corrected chi connectivity index (χ1v) is 7.64. The predicted octanol–water partition coefficient (Wildman–Crippen LogP) is 5.20. The Morgan fingerprint density at radius 2 is 1.26 bits per heavy atom. The normalized spacial score (nSPS) is 14.3. The predicted molar refractivity (Wildman–Crippen MR) is 94.3 cm³/mol. The van der Waals surface area contributed by atoms with E-state index in [2.05, 4.69) is 53.7 Å². The summed E-state index contributed by atoms with van der Waals surface area (Å²) < 4.78 is 0. The molecule has 0 spiro atoms. The number of nitrogens with zero attached hydrogens (tertiary/aromatic N) is 1. The molecule has 5 rings (SSSR count). The molecule has 108 valence electrons. The van der Waals surface area contributed by atoms with Gasteiger partial charge in [-0.15, -0.1) is 0 Å². The van der Waals surface area contributed by atoms with Crippen molar-refractivity contribution in [1.82, 2.24) is 0 Å². The molecule has 1 N–H and O–H groups in total. The first-order chi connectivity index (χ1) is 11.4. The molecule has 0 heterocycles. The molecule has 2 heteroatoms. The molecule has 4 aromatic rings. The molecule has 1 aliphatic rings. The Morgan fingerprint density at radius 1 is 0.609 bits per heavy atom. The molecule has 0 aliphatic heterocycles. The second kappa shape index (κ2) is 4.43. The van der Waals surface area contributed by atoms with Gasteiger partial charge in [-0.1, -0.05) is 65.8 Å². The van der Waals surface area contributed by atoms with Crippen molar-refractivity contribution in [3.05, 3.63) is 83.9 Å². The van der Waals surface area contributed by atoms with Crippen LogP contribution >= 0.6 is 0 Å². The molecule has 0 bridgehead atoms. The van der Waals surface area contributed by atoms with E-state index in [1.165, 1.54) is 5.39 Å². The SMILES string of the molecule is O/N=C1/c2cc3ccccc3cc2-c2ccc3ccccc3c21. The van der Waals surface area contributed by atoms with Crippen molar-refractivity contribution in [2.45, 2.75) is 0 Å². The lowest BCUT2D eigenvalue weighted by atomic mass is 9.98. The molecule has 4 aromatic carbocycles. The summed E-state index contributed by atoms with van der Waals surface area (Å²) in [6, 6.07) is 25.1. The quantitative estimate of drug-likeness (QED) is 0.309. The van der Waals surface area contributed by atoms with Crippen LogP contribution in [0.25, 0.3) is 32.7 Å². The van der Waals surface area contributed by atoms with E-state index in [-0.39, 0.29) is 0 Å². The van der Waals surface area contributed by atoms with E-state index in [4.69, 9.17) is 0 Å². The molecular formula is C21H13NO. The Hall–Kier alpha value is -3.13. The Morgan fingerprint density at radius 3 is 2.00 bits per heavy atom. The highest BCUT2D eigenvalue weighted by molar-refractivity contribution is 6.30. The third kappa shape index (κ3) is 1.60. The highest BCUT2D eigenvalue weighted by Crippen LogP contribution is 2.42. The molecule has 0 amide bonds. The van der Waals surface area contributed by atoms with Crippen molar-refractivity contribution in [2.24, 2.45) is 5.16 Å².